The van der Waals surface area contributed by atoms with Crippen LogP contribution in [0, 0.1) is 23.2 Å². The van der Waals surface area contributed by atoms with E-state index >= 15 is 0 Å². The van der Waals surface area contributed by atoms with E-state index in [-0.39, 0.29) is 24.3 Å². The van der Waals surface area contributed by atoms with E-state index in [1.807, 2.05) is 6.07 Å². The van der Waals surface area contributed by atoms with Gasteiger partial charge in [-0.15, -0.1) is 0 Å². The zero-order valence-corrected chi connectivity index (χ0v) is 18.6. The lowest BCUT2D eigenvalue weighted by Crippen LogP contribution is -2.58. The molecule has 3 fully saturated rings. The van der Waals surface area contributed by atoms with E-state index in [9.17, 15) is 9.59 Å². The molecule has 0 spiro atoms. The molecule has 3 saturated carbocycles. The van der Waals surface area contributed by atoms with Crippen molar-refractivity contribution in [1.82, 2.24) is 14.8 Å². The third-order valence-electron chi connectivity index (χ3n) is 7.13. The highest BCUT2D eigenvalue weighted by molar-refractivity contribution is 9.10. The number of ketones is 1. The molecule has 5 rings (SSSR count). The number of hydrogen-bond donors (Lipinski definition) is 1. The third-order valence-corrected chi connectivity index (χ3v) is 7.90. The average Bonchev–Trinajstić information content (AvgIpc) is 2.69. The molecule has 4 atom stereocenters. The van der Waals surface area contributed by atoms with Crippen LogP contribution in [0.4, 0.5) is 5.69 Å². The van der Waals surface area contributed by atoms with Crippen molar-refractivity contribution in [2.75, 3.05) is 5.32 Å². The van der Waals surface area contributed by atoms with Gasteiger partial charge >= 0.3 is 0 Å². The standard InChI is InChI=1S/C22H27BrN4O2/c1-13-17-8-15(22(17,2)3)9-18(13)26-19-11-25-27(21(29)20(19)23)12-16(28)7-14-5-4-6-24-10-14/h4-6,10-11,13,15,17-18,26H,7-9,12H2,1-3H3/t13-,15-,17+,18-/m1/s1. The van der Waals surface area contributed by atoms with Crippen LogP contribution in [-0.4, -0.2) is 26.6 Å². The van der Waals surface area contributed by atoms with E-state index in [4.69, 9.17) is 0 Å². The number of carbonyl (C=O) groups is 1. The number of carbonyl (C=O) groups excluding carboxylic acids is 1. The Morgan fingerprint density at radius 3 is 2.79 bits per heavy atom. The summed E-state index contributed by atoms with van der Waals surface area (Å²) in [5, 5.41) is 7.79. The number of halogens is 1. The molecule has 29 heavy (non-hydrogen) atoms. The van der Waals surface area contributed by atoms with Crippen molar-refractivity contribution in [3.63, 3.8) is 0 Å². The summed E-state index contributed by atoms with van der Waals surface area (Å²) in [6.45, 7) is 7.00. The summed E-state index contributed by atoms with van der Waals surface area (Å²) in [4.78, 5) is 29.1. The lowest BCUT2D eigenvalue weighted by Gasteiger charge is -2.62. The maximum Gasteiger partial charge on any atom is 0.283 e. The van der Waals surface area contributed by atoms with Gasteiger partial charge in [-0.1, -0.05) is 26.8 Å². The minimum atomic E-state index is -0.288. The Labute approximate surface area is 179 Å². The van der Waals surface area contributed by atoms with E-state index < -0.39 is 0 Å². The molecule has 2 heterocycles. The van der Waals surface area contributed by atoms with Crippen LogP contribution in [0.25, 0.3) is 0 Å². The number of anilines is 1. The topological polar surface area (TPSA) is 76.9 Å². The molecule has 0 unspecified atom stereocenters. The van der Waals surface area contributed by atoms with E-state index in [0.717, 1.165) is 23.8 Å². The molecular weight excluding hydrogens is 432 g/mol. The summed E-state index contributed by atoms with van der Waals surface area (Å²) in [6, 6.07) is 3.98. The number of pyridine rings is 1. The van der Waals surface area contributed by atoms with Crippen molar-refractivity contribution in [3.05, 3.63) is 51.1 Å². The Morgan fingerprint density at radius 1 is 1.34 bits per heavy atom. The Kier molecular flexibility index (Phi) is 5.36. The fourth-order valence-corrected chi connectivity index (χ4v) is 5.59. The van der Waals surface area contributed by atoms with Crippen molar-refractivity contribution >= 4 is 27.4 Å². The second kappa shape index (κ2) is 7.67. The Bertz CT molecular complexity index is 973. The van der Waals surface area contributed by atoms with E-state index in [1.165, 1.54) is 11.1 Å². The number of nitrogens with zero attached hydrogens (tertiary/aromatic N) is 3. The summed E-state index contributed by atoms with van der Waals surface area (Å²) in [5.74, 6) is 1.92. The second-order valence-electron chi connectivity index (χ2n) is 9.12. The molecule has 0 saturated heterocycles. The minimum absolute atomic E-state index is 0.0508. The van der Waals surface area contributed by atoms with Crippen LogP contribution < -0.4 is 10.9 Å². The molecule has 7 heteroatoms. The fraction of sp³-hybridized carbons (Fsp3) is 0.545. The zero-order valence-electron chi connectivity index (χ0n) is 17.1. The number of hydrogen-bond acceptors (Lipinski definition) is 5. The molecule has 0 amide bonds. The molecule has 6 nitrogen and oxygen atoms in total. The van der Waals surface area contributed by atoms with Gasteiger partial charge in [0.25, 0.3) is 5.56 Å². The van der Waals surface area contributed by atoms with Crippen molar-refractivity contribution < 1.29 is 4.79 Å². The molecule has 3 aliphatic carbocycles. The monoisotopic (exact) mass is 458 g/mol. The lowest BCUT2D eigenvalue weighted by atomic mass is 9.45. The van der Waals surface area contributed by atoms with Crippen LogP contribution in [0.2, 0.25) is 0 Å². The first-order valence-corrected chi connectivity index (χ1v) is 11.0. The third kappa shape index (κ3) is 3.77. The maximum absolute atomic E-state index is 12.7. The van der Waals surface area contributed by atoms with Gasteiger partial charge in [-0.3, -0.25) is 14.6 Å². The second-order valence-corrected chi connectivity index (χ2v) is 9.91. The first kappa shape index (κ1) is 20.3. The van der Waals surface area contributed by atoms with Gasteiger partial charge in [0.1, 0.15) is 11.0 Å². The van der Waals surface area contributed by atoms with Crippen molar-refractivity contribution in [3.8, 4) is 0 Å². The Balaban J connectivity index is 1.44. The molecule has 3 aliphatic rings. The summed E-state index contributed by atoms with van der Waals surface area (Å²) >= 11 is 3.43. The van der Waals surface area contributed by atoms with Gasteiger partial charge in [-0.2, -0.15) is 5.10 Å². The van der Waals surface area contributed by atoms with Gasteiger partial charge < -0.3 is 5.32 Å². The van der Waals surface area contributed by atoms with Crippen molar-refractivity contribution in [2.45, 2.75) is 52.6 Å². The smallest absolute Gasteiger partial charge is 0.283 e. The predicted octanol–water partition coefficient (Wildman–Crippen LogP) is 3.70. The molecule has 1 N–H and O–H groups in total. The quantitative estimate of drug-likeness (QED) is 0.713. The van der Waals surface area contributed by atoms with Gasteiger partial charge in [0.05, 0.1) is 11.9 Å². The molecule has 0 aliphatic heterocycles. The molecule has 2 aromatic rings. The van der Waals surface area contributed by atoms with Crippen LogP contribution in [-0.2, 0) is 17.8 Å². The molecule has 0 aromatic carbocycles. The number of nitrogens with one attached hydrogen (secondary N) is 1. The molecule has 2 aromatic heterocycles. The normalized spacial score (nSPS) is 27.2. The van der Waals surface area contributed by atoms with Crippen LogP contribution in [0.3, 0.4) is 0 Å². The highest BCUT2D eigenvalue weighted by atomic mass is 79.9. The molecular formula is C22H27BrN4O2. The minimum Gasteiger partial charge on any atom is -0.380 e. The Morgan fingerprint density at radius 2 is 2.14 bits per heavy atom. The highest BCUT2D eigenvalue weighted by Gasteiger charge is 2.56. The number of Topliss-reactive ketones (excluding diaryl/α,β-unsaturated/α-hetero) is 1. The van der Waals surface area contributed by atoms with Crippen LogP contribution >= 0.6 is 15.9 Å². The lowest BCUT2D eigenvalue weighted by molar-refractivity contribution is -0.119. The summed E-state index contributed by atoms with van der Waals surface area (Å²) in [6.07, 6.45) is 7.64. The van der Waals surface area contributed by atoms with E-state index in [1.54, 1.807) is 24.7 Å². The van der Waals surface area contributed by atoms with Gasteiger partial charge in [0.2, 0.25) is 0 Å². The first-order chi connectivity index (χ1) is 13.8. The van der Waals surface area contributed by atoms with Gasteiger partial charge in [-0.05, 0) is 63.6 Å². The Hall–Kier alpha value is -2.02. The molecule has 154 valence electrons. The van der Waals surface area contributed by atoms with Gasteiger partial charge in [0, 0.05) is 24.9 Å². The fourth-order valence-electron chi connectivity index (χ4n) is 5.17. The van der Waals surface area contributed by atoms with E-state index in [2.05, 4.69) is 52.1 Å². The van der Waals surface area contributed by atoms with Gasteiger partial charge in [-0.25, -0.2) is 4.68 Å². The average molecular weight is 459 g/mol. The number of aromatic nitrogens is 3. The highest BCUT2D eigenvalue weighted by Crippen LogP contribution is 2.61. The van der Waals surface area contributed by atoms with Crippen molar-refractivity contribution in [2.24, 2.45) is 23.2 Å². The van der Waals surface area contributed by atoms with Crippen LogP contribution in [0.5, 0.6) is 0 Å². The SMILES string of the molecule is C[C@H]1[C@H](Nc2cnn(CC(=O)Cc3cccnc3)c(=O)c2Br)C[C@H]2C[C@@H]1C2(C)C. The van der Waals surface area contributed by atoms with Gasteiger partial charge in [0.15, 0.2) is 5.78 Å². The summed E-state index contributed by atoms with van der Waals surface area (Å²) < 4.78 is 1.66. The number of fused-ring (bicyclic) bond motifs is 2. The number of rotatable bonds is 6. The maximum atomic E-state index is 12.7. The summed E-state index contributed by atoms with van der Waals surface area (Å²) in [5.41, 5.74) is 1.67. The molecule has 2 bridgehead atoms. The largest absolute Gasteiger partial charge is 0.380 e. The molecule has 0 radical (unpaired) electrons. The van der Waals surface area contributed by atoms with Crippen LogP contribution in [0.1, 0.15) is 39.2 Å². The van der Waals surface area contributed by atoms with Crippen LogP contribution in [0.15, 0.2) is 40.0 Å². The van der Waals surface area contributed by atoms with E-state index in [0.29, 0.717) is 27.5 Å². The summed E-state index contributed by atoms with van der Waals surface area (Å²) in [7, 11) is 0. The first-order valence-electron chi connectivity index (χ1n) is 10.2. The zero-order chi connectivity index (χ0) is 20.8. The van der Waals surface area contributed by atoms with Crippen molar-refractivity contribution in [1.29, 1.82) is 0 Å². The predicted molar refractivity (Wildman–Crippen MR) is 116 cm³/mol.